The number of pyridine rings is 1. The summed E-state index contributed by atoms with van der Waals surface area (Å²) in [6.45, 7) is 5.01. The van der Waals surface area contributed by atoms with Crippen LogP contribution in [-0.4, -0.2) is 28.1 Å². The molecule has 1 atom stereocenters. The summed E-state index contributed by atoms with van der Waals surface area (Å²) in [7, 11) is 0. The normalized spacial score (nSPS) is 11.7. The summed E-state index contributed by atoms with van der Waals surface area (Å²) in [5.41, 5.74) is 2.10. The van der Waals surface area contributed by atoms with E-state index in [2.05, 4.69) is 15.6 Å². The lowest BCUT2D eigenvalue weighted by atomic mass is 10.3. The van der Waals surface area contributed by atoms with Crippen molar-refractivity contribution in [2.45, 2.75) is 26.8 Å². The number of nitrogens with zero attached hydrogens (tertiary/aromatic N) is 1. The van der Waals surface area contributed by atoms with Crippen molar-refractivity contribution in [3.05, 3.63) is 23.5 Å². The minimum atomic E-state index is -1.08. The molecule has 1 aromatic heterocycles. The van der Waals surface area contributed by atoms with Crippen LogP contribution < -0.4 is 10.6 Å². The molecule has 6 nitrogen and oxygen atoms in total. The predicted octanol–water partition coefficient (Wildman–Crippen LogP) is 1.29. The number of urea groups is 1. The molecule has 1 rings (SSSR count). The number of nitrogens with one attached hydrogen (secondary N) is 2. The summed E-state index contributed by atoms with van der Waals surface area (Å²) in [5, 5.41) is 13.5. The summed E-state index contributed by atoms with van der Waals surface area (Å²) in [6.07, 6.45) is 0. The standard InChI is InChI=1S/C11H15N3O3/c1-6-4-5-9(7(2)12-6)14-11(17)13-8(3)10(15)16/h4-5,8H,1-3H3,(H,15,16)(H2,13,14,17). The molecule has 0 saturated heterocycles. The molecule has 0 aromatic carbocycles. The highest BCUT2D eigenvalue weighted by molar-refractivity contribution is 5.92. The van der Waals surface area contributed by atoms with Crippen molar-refractivity contribution in [3.63, 3.8) is 0 Å². The van der Waals surface area contributed by atoms with Crippen LogP contribution in [0.5, 0.6) is 0 Å². The van der Waals surface area contributed by atoms with Crippen molar-refractivity contribution in [1.29, 1.82) is 0 Å². The molecule has 92 valence electrons. The monoisotopic (exact) mass is 237 g/mol. The molecule has 3 N–H and O–H groups in total. The lowest BCUT2D eigenvalue weighted by Crippen LogP contribution is -2.41. The lowest BCUT2D eigenvalue weighted by Gasteiger charge is -2.12. The average molecular weight is 237 g/mol. The molecule has 1 aromatic rings. The Labute approximate surface area is 99.1 Å². The molecule has 0 aliphatic heterocycles. The first-order chi connectivity index (χ1) is 7.90. The van der Waals surface area contributed by atoms with E-state index in [0.29, 0.717) is 11.4 Å². The number of carbonyl (C=O) groups excluding carboxylic acids is 1. The summed E-state index contributed by atoms with van der Waals surface area (Å²) < 4.78 is 0. The van der Waals surface area contributed by atoms with Gasteiger partial charge in [-0.1, -0.05) is 0 Å². The van der Waals surface area contributed by atoms with Crippen LogP contribution in [0, 0.1) is 13.8 Å². The van der Waals surface area contributed by atoms with Gasteiger partial charge in [0.1, 0.15) is 6.04 Å². The van der Waals surface area contributed by atoms with Gasteiger partial charge in [0.05, 0.1) is 11.4 Å². The Kier molecular flexibility index (Phi) is 4.03. The van der Waals surface area contributed by atoms with Crippen molar-refractivity contribution < 1.29 is 14.7 Å². The zero-order valence-electron chi connectivity index (χ0n) is 9.94. The molecule has 0 spiro atoms. The van der Waals surface area contributed by atoms with Crippen LogP contribution >= 0.6 is 0 Å². The average Bonchev–Trinajstić information content (AvgIpc) is 2.22. The highest BCUT2D eigenvalue weighted by atomic mass is 16.4. The SMILES string of the molecule is Cc1ccc(NC(=O)NC(C)C(=O)O)c(C)n1. The first-order valence-corrected chi connectivity index (χ1v) is 5.14. The van der Waals surface area contributed by atoms with Gasteiger partial charge in [-0.15, -0.1) is 0 Å². The first-order valence-electron chi connectivity index (χ1n) is 5.14. The number of carboxylic acid groups (broad SMARTS) is 1. The van der Waals surface area contributed by atoms with Crippen molar-refractivity contribution in [2.24, 2.45) is 0 Å². The Morgan fingerprint density at radius 2 is 2.00 bits per heavy atom. The maximum absolute atomic E-state index is 11.5. The lowest BCUT2D eigenvalue weighted by molar-refractivity contribution is -0.138. The van der Waals surface area contributed by atoms with Gasteiger partial charge in [0.25, 0.3) is 0 Å². The molecule has 1 heterocycles. The topological polar surface area (TPSA) is 91.3 Å². The summed E-state index contributed by atoms with van der Waals surface area (Å²) in [6, 6.07) is 1.99. The van der Waals surface area contributed by atoms with Gasteiger partial charge in [-0.3, -0.25) is 9.78 Å². The number of aromatic nitrogens is 1. The van der Waals surface area contributed by atoms with E-state index >= 15 is 0 Å². The number of anilines is 1. The number of hydrogen-bond donors (Lipinski definition) is 3. The Hall–Kier alpha value is -2.11. The van der Waals surface area contributed by atoms with Gasteiger partial charge in [-0.25, -0.2) is 4.79 Å². The summed E-state index contributed by atoms with van der Waals surface area (Å²) in [5.74, 6) is -1.08. The Balaban J connectivity index is 2.65. The van der Waals surface area contributed by atoms with Crippen LogP contribution in [0.2, 0.25) is 0 Å². The fraction of sp³-hybridized carbons (Fsp3) is 0.364. The number of carboxylic acids is 1. The molecule has 17 heavy (non-hydrogen) atoms. The number of rotatable bonds is 3. The molecule has 1 unspecified atom stereocenters. The molecule has 0 saturated carbocycles. The van der Waals surface area contributed by atoms with E-state index in [1.165, 1.54) is 6.92 Å². The third kappa shape index (κ3) is 3.75. The summed E-state index contributed by atoms with van der Waals surface area (Å²) in [4.78, 5) is 26.2. The van der Waals surface area contributed by atoms with Crippen molar-refractivity contribution in [1.82, 2.24) is 10.3 Å². The number of hydrogen-bond acceptors (Lipinski definition) is 3. The van der Waals surface area contributed by atoms with Crippen LogP contribution in [0.1, 0.15) is 18.3 Å². The van der Waals surface area contributed by atoms with Gasteiger partial charge >= 0.3 is 12.0 Å². The second-order valence-corrected chi connectivity index (χ2v) is 3.74. The largest absolute Gasteiger partial charge is 0.480 e. The van der Waals surface area contributed by atoms with Crippen LogP contribution in [0.15, 0.2) is 12.1 Å². The molecule has 0 fully saturated rings. The number of aliphatic carboxylic acids is 1. The van der Waals surface area contributed by atoms with Gasteiger partial charge < -0.3 is 15.7 Å². The number of carbonyl (C=O) groups is 2. The minimum Gasteiger partial charge on any atom is -0.480 e. The van der Waals surface area contributed by atoms with Crippen LogP contribution in [-0.2, 0) is 4.79 Å². The van der Waals surface area contributed by atoms with Crippen molar-refractivity contribution in [3.8, 4) is 0 Å². The van der Waals surface area contributed by atoms with E-state index in [4.69, 9.17) is 5.11 Å². The molecular formula is C11H15N3O3. The van der Waals surface area contributed by atoms with E-state index in [1.54, 1.807) is 19.1 Å². The first kappa shape index (κ1) is 13.0. The van der Waals surface area contributed by atoms with Crippen molar-refractivity contribution in [2.75, 3.05) is 5.32 Å². The molecule has 0 aliphatic rings. The molecule has 0 radical (unpaired) electrons. The quantitative estimate of drug-likeness (QED) is 0.738. The molecule has 0 bridgehead atoms. The van der Waals surface area contributed by atoms with Crippen molar-refractivity contribution >= 4 is 17.7 Å². The number of aryl methyl sites for hydroxylation is 2. The highest BCUT2D eigenvalue weighted by Crippen LogP contribution is 2.12. The van der Waals surface area contributed by atoms with Gasteiger partial charge in [-0.2, -0.15) is 0 Å². The third-order valence-corrected chi connectivity index (χ3v) is 2.19. The van der Waals surface area contributed by atoms with Gasteiger partial charge in [0.15, 0.2) is 0 Å². The Morgan fingerprint density at radius 1 is 1.35 bits per heavy atom. The van der Waals surface area contributed by atoms with Crippen LogP contribution in [0.3, 0.4) is 0 Å². The zero-order chi connectivity index (χ0) is 13.0. The second-order valence-electron chi connectivity index (χ2n) is 3.74. The maximum Gasteiger partial charge on any atom is 0.325 e. The Bertz CT molecular complexity index is 446. The number of amides is 2. The maximum atomic E-state index is 11.5. The molecular weight excluding hydrogens is 222 g/mol. The second kappa shape index (κ2) is 5.29. The summed E-state index contributed by atoms with van der Waals surface area (Å²) >= 11 is 0. The van der Waals surface area contributed by atoms with E-state index in [9.17, 15) is 9.59 Å². The van der Waals surface area contributed by atoms with Gasteiger partial charge in [0, 0.05) is 5.69 Å². The van der Waals surface area contributed by atoms with E-state index in [1.807, 2.05) is 6.92 Å². The fourth-order valence-corrected chi connectivity index (χ4v) is 1.24. The minimum absolute atomic E-state index is 0.561. The molecule has 2 amide bonds. The van der Waals surface area contributed by atoms with Crippen LogP contribution in [0.4, 0.5) is 10.5 Å². The third-order valence-electron chi connectivity index (χ3n) is 2.19. The Morgan fingerprint density at radius 3 is 2.53 bits per heavy atom. The van der Waals surface area contributed by atoms with Crippen LogP contribution in [0.25, 0.3) is 0 Å². The van der Waals surface area contributed by atoms with E-state index < -0.39 is 18.0 Å². The van der Waals surface area contributed by atoms with E-state index in [-0.39, 0.29) is 0 Å². The van der Waals surface area contributed by atoms with Gasteiger partial charge in [0.2, 0.25) is 0 Å². The van der Waals surface area contributed by atoms with Gasteiger partial charge in [-0.05, 0) is 32.9 Å². The molecule has 0 aliphatic carbocycles. The molecule has 6 heteroatoms. The highest BCUT2D eigenvalue weighted by Gasteiger charge is 2.14. The zero-order valence-corrected chi connectivity index (χ0v) is 9.94. The smallest absolute Gasteiger partial charge is 0.325 e. The predicted molar refractivity (Wildman–Crippen MR) is 63.0 cm³/mol. The van der Waals surface area contributed by atoms with E-state index in [0.717, 1.165) is 5.69 Å². The fourth-order valence-electron chi connectivity index (χ4n) is 1.24.